The molecule has 0 N–H and O–H groups in total. The van der Waals surface area contributed by atoms with Crippen LogP contribution in [0.15, 0.2) is 36.4 Å². The van der Waals surface area contributed by atoms with Crippen LogP contribution in [0.2, 0.25) is 0 Å². The van der Waals surface area contributed by atoms with E-state index in [4.69, 9.17) is 9.97 Å². The summed E-state index contributed by atoms with van der Waals surface area (Å²) in [6, 6.07) is 12.6. The van der Waals surface area contributed by atoms with Crippen molar-refractivity contribution in [3.8, 4) is 0 Å². The first-order valence-electron chi connectivity index (χ1n) is 8.50. The molecule has 0 radical (unpaired) electrons. The van der Waals surface area contributed by atoms with Crippen LogP contribution < -0.4 is 9.80 Å². The van der Waals surface area contributed by atoms with Crippen LogP contribution in [0, 0.1) is 13.1 Å². The van der Waals surface area contributed by atoms with Gasteiger partial charge in [-0.15, -0.1) is 0 Å². The summed E-state index contributed by atoms with van der Waals surface area (Å²) in [6.07, 6.45) is 5.54. The molecule has 2 aromatic heterocycles. The molecular formula is C19H22N4Pt. The molecule has 0 unspecified atom stereocenters. The number of anilines is 2. The second kappa shape index (κ2) is 8.11. The predicted octanol–water partition coefficient (Wildman–Crippen LogP) is 3.59. The monoisotopic (exact) mass is 501 g/mol. The molecule has 0 amide bonds. The first kappa shape index (κ1) is 17.4. The third-order valence-corrected chi connectivity index (χ3v) is 4.44. The summed E-state index contributed by atoms with van der Waals surface area (Å²) in [5, 5.41) is 0. The van der Waals surface area contributed by atoms with Crippen LogP contribution in [0.4, 0.5) is 11.6 Å². The Morgan fingerprint density at radius 3 is 1.71 bits per heavy atom. The molecule has 2 saturated heterocycles. The van der Waals surface area contributed by atoms with Gasteiger partial charge in [0.25, 0.3) is 0 Å². The molecule has 128 valence electrons. The van der Waals surface area contributed by atoms with Crippen LogP contribution >= 0.6 is 0 Å². The summed E-state index contributed by atoms with van der Waals surface area (Å²) < 4.78 is 0. The Hall–Kier alpha value is -1.41. The normalized spacial score (nSPS) is 17.2. The summed E-state index contributed by atoms with van der Waals surface area (Å²) in [5.74, 6) is 2.12. The average molecular weight is 501 g/mol. The van der Waals surface area contributed by atoms with E-state index in [0.29, 0.717) is 0 Å². The maximum Gasteiger partial charge on any atom is 2.00 e. The van der Waals surface area contributed by atoms with Crippen LogP contribution in [0.5, 0.6) is 0 Å². The average Bonchev–Trinajstić information content (AvgIpc) is 3.29. The number of hydrogen-bond donors (Lipinski definition) is 0. The van der Waals surface area contributed by atoms with Gasteiger partial charge in [-0.2, -0.15) is 12.8 Å². The van der Waals surface area contributed by atoms with Gasteiger partial charge in [-0.1, -0.05) is 25.0 Å². The molecule has 2 aliphatic heterocycles. The van der Waals surface area contributed by atoms with Gasteiger partial charge in [-0.05, 0) is 37.4 Å². The fourth-order valence-corrected chi connectivity index (χ4v) is 3.25. The van der Waals surface area contributed by atoms with E-state index in [1.807, 2.05) is 0 Å². The molecule has 2 aliphatic rings. The van der Waals surface area contributed by atoms with E-state index in [1.165, 1.54) is 12.8 Å². The maximum atomic E-state index is 4.81. The van der Waals surface area contributed by atoms with E-state index in [0.717, 1.165) is 55.4 Å². The standard InChI is InChI=1S/C19H22N4.Pt/c1-2-12-22(11-1)18-9-5-7-16(20-18)15-17-8-6-10-19(21-17)23-13-3-4-14-23;/h5-11,13H,1-4,12,14-15H2;/q-2;+2. The van der Waals surface area contributed by atoms with Gasteiger partial charge in [0.05, 0.1) is 11.6 Å². The van der Waals surface area contributed by atoms with Gasteiger partial charge in [0.1, 0.15) is 0 Å². The summed E-state index contributed by atoms with van der Waals surface area (Å²) >= 11 is 0. The molecule has 0 bridgehead atoms. The minimum Gasteiger partial charge on any atom is -0.507 e. The minimum atomic E-state index is 0. The predicted molar refractivity (Wildman–Crippen MR) is 93.0 cm³/mol. The van der Waals surface area contributed by atoms with Crippen LogP contribution in [-0.4, -0.2) is 23.1 Å². The van der Waals surface area contributed by atoms with E-state index in [9.17, 15) is 0 Å². The SMILES string of the molecule is [Pt+2].c1cc(Cc2cccc(N3[CH-]CCC3)n2)nc(N2[CH-]CCC2)c1. The molecular weight excluding hydrogens is 479 g/mol. The Morgan fingerprint density at radius 2 is 1.29 bits per heavy atom. The van der Waals surface area contributed by atoms with Crippen molar-refractivity contribution in [2.24, 2.45) is 0 Å². The number of nitrogens with zero attached hydrogens (tertiary/aromatic N) is 4. The zero-order chi connectivity index (χ0) is 15.5. The van der Waals surface area contributed by atoms with Crippen LogP contribution in [0.25, 0.3) is 0 Å². The minimum absolute atomic E-state index is 0. The Bertz CT molecular complexity index is 606. The second-order valence-electron chi connectivity index (χ2n) is 6.19. The maximum absolute atomic E-state index is 4.81. The van der Waals surface area contributed by atoms with Crippen molar-refractivity contribution in [1.29, 1.82) is 0 Å². The molecule has 0 aliphatic carbocycles. The summed E-state index contributed by atoms with van der Waals surface area (Å²) in [5.41, 5.74) is 2.16. The van der Waals surface area contributed by atoms with Gasteiger partial charge >= 0.3 is 21.1 Å². The molecule has 0 spiro atoms. The smallest absolute Gasteiger partial charge is 0.507 e. The van der Waals surface area contributed by atoms with Gasteiger partial charge < -0.3 is 9.80 Å². The van der Waals surface area contributed by atoms with Crippen molar-refractivity contribution in [1.82, 2.24) is 9.97 Å². The number of hydrogen-bond acceptors (Lipinski definition) is 4. The van der Waals surface area contributed by atoms with E-state index in [2.05, 4.69) is 59.3 Å². The molecule has 4 nitrogen and oxygen atoms in total. The van der Waals surface area contributed by atoms with Crippen molar-refractivity contribution < 1.29 is 21.1 Å². The molecule has 0 atom stereocenters. The molecule has 24 heavy (non-hydrogen) atoms. The molecule has 5 heteroatoms. The Balaban J connectivity index is 0.00000169. The number of aromatic nitrogens is 2. The van der Waals surface area contributed by atoms with E-state index in [-0.39, 0.29) is 21.1 Å². The summed E-state index contributed by atoms with van der Waals surface area (Å²) in [4.78, 5) is 14.1. The van der Waals surface area contributed by atoms with E-state index >= 15 is 0 Å². The zero-order valence-corrected chi connectivity index (χ0v) is 15.9. The Kier molecular flexibility index (Phi) is 5.88. The first-order chi connectivity index (χ1) is 11.4. The quantitative estimate of drug-likeness (QED) is 0.600. The topological polar surface area (TPSA) is 32.3 Å². The summed E-state index contributed by atoms with van der Waals surface area (Å²) in [6.45, 7) is 6.65. The molecule has 4 rings (SSSR count). The summed E-state index contributed by atoms with van der Waals surface area (Å²) in [7, 11) is 0. The molecule has 2 aromatic rings. The largest absolute Gasteiger partial charge is 2.00 e. The molecule has 0 aromatic carbocycles. The molecule has 2 fully saturated rings. The first-order valence-corrected chi connectivity index (χ1v) is 8.50. The van der Waals surface area contributed by atoms with Gasteiger partial charge in [-0.25, -0.2) is 23.1 Å². The van der Waals surface area contributed by atoms with Gasteiger partial charge in [0.15, 0.2) is 0 Å². The number of rotatable bonds is 4. The van der Waals surface area contributed by atoms with Crippen molar-refractivity contribution in [3.63, 3.8) is 0 Å². The van der Waals surface area contributed by atoms with E-state index in [1.54, 1.807) is 0 Å². The van der Waals surface area contributed by atoms with Crippen molar-refractivity contribution in [3.05, 3.63) is 60.9 Å². The van der Waals surface area contributed by atoms with E-state index < -0.39 is 0 Å². The molecule has 4 heterocycles. The third-order valence-electron chi connectivity index (χ3n) is 4.44. The fourth-order valence-electron chi connectivity index (χ4n) is 3.25. The van der Waals surface area contributed by atoms with Crippen molar-refractivity contribution in [2.75, 3.05) is 22.9 Å². The molecule has 0 saturated carbocycles. The van der Waals surface area contributed by atoms with Crippen LogP contribution in [-0.2, 0) is 27.5 Å². The Labute approximate surface area is 158 Å². The van der Waals surface area contributed by atoms with Crippen molar-refractivity contribution in [2.45, 2.75) is 32.1 Å². The van der Waals surface area contributed by atoms with Gasteiger partial charge in [-0.3, -0.25) is 0 Å². The van der Waals surface area contributed by atoms with Gasteiger partial charge in [0.2, 0.25) is 0 Å². The van der Waals surface area contributed by atoms with Gasteiger partial charge in [0, 0.05) is 17.8 Å². The van der Waals surface area contributed by atoms with Crippen LogP contribution in [0.3, 0.4) is 0 Å². The van der Waals surface area contributed by atoms with Crippen molar-refractivity contribution >= 4 is 11.6 Å². The fraction of sp³-hybridized carbons (Fsp3) is 0.368. The second-order valence-corrected chi connectivity index (χ2v) is 6.19. The van der Waals surface area contributed by atoms with Crippen LogP contribution in [0.1, 0.15) is 37.1 Å². The Morgan fingerprint density at radius 1 is 0.792 bits per heavy atom. The third kappa shape index (κ3) is 3.97. The number of pyridine rings is 2. The zero-order valence-electron chi connectivity index (χ0n) is 13.7.